The van der Waals surface area contributed by atoms with Crippen molar-refractivity contribution < 1.29 is 23.9 Å². The van der Waals surface area contributed by atoms with Gasteiger partial charge in [0.2, 0.25) is 0 Å². The zero-order valence-corrected chi connectivity index (χ0v) is 11.6. The first-order chi connectivity index (χ1) is 9.40. The van der Waals surface area contributed by atoms with E-state index >= 15 is 0 Å². The first kappa shape index (κ1) is 15.1. The molecule has 110 valence electrons. The van der Waals surface area contributed by atoms with Crippen molar-refractivity contribution >= 4 is 13.4 Å². The lowest BCUT2D eigenvalue weighted by Crippen LogP contribution is -2.43. The van der Waals surface area contributed by atoms with Crippen LogP contribution < -0.4 is 5.09 Å². The minimum Gasteiger partial charge on any atom is -0.333 e. The van der Waals surface area contributed by atoms with Crippen molar-refractivity contribution in [3.8, 4) is 0 Å². The van der Waals surface area contributed by atoms with Crippen LogP contribution in [0.25, 0.3) is 0 Å². The summed E-state index contributed by atoms with van der Waals surface area (Å²) in [6.45, 7) is 0.139. The van der Waals surface area contributed by atoms with Crippen LogP contribution in [0.15, 0.2) is 24.3 Å². The Bertz CT molecular complexity index is 554. The minimum atomic E-state index is -3.97. The number of carbonyl (C=O) groups excluding carboxylic acids is 1. The third-order valence-corrected chi connectivity index (χ3v) is 5.14. The molecule has 1 saturated heterocycles. The van der Waals surface area contributed by atoms with Crippen LogP contribution in [-0.4, -0.2) is 33.3 Å². The molecule has 8 heteroatoms. The highest BCUT2D eigenvalue weighted by Gasteiger charge is 2.41. The molecule has 0 aromatic heterocycles. The van der Waals surface area contributed by atoms with Crippen LogP contribution in [0.5, 0.6) is 0 Å². The Kier molecular flexibility index (Phi) is 4.55. The number of piperidine rings is 1. The maximum Gasteiger partial charge on any atom is 0.279 e. The molecule has 6 nitrogen and oxygen atoms in total. The Labute approximate surface area is 115 Å². The largest absolute Gasteiger partial charge is 0.333 e. The highest BCUT2D eigenvalue weighted by molar-refractivity contribution is 7.57. The summed E-state index contributed by atoms with van der Waals surface area (Å²) in [5, 5.41) is 12.2. The van der Waals surface area contributed by atoms with E-state index in [9.17, 15) is 23.9 Å². The number of hydrogen-bond acceptors (Lipinski definition) is 3. The topological polar surface area (TPSA) is 89.9 Å². The normalized spacial score (nSPS) is 22.6. The van der Waals surface area contributed by atoms with Crippen molar-refractivity contribution in [1.29, 1.82) is 0 Å². The fourth-order valence-electron chi connectivity index (χ4n) is 2.13. The number of nitrogens with one attached hydrogen (secondary N) is 1. The van der Waals surface area contributed by atoms with Gasteiger partial charge in [-0.2, -0.15) is 0 Å². The van der Waals surface area contributed by atoms with E-state index < -0.39 is 24.9 Å². The van der Waals surface area contributed by atoms with Gasteiger partial charge in [0, 0.05) is 13.1 Å². The molecule has 1 aromatic rings. The molecule has 1 aliphatic rings. The van der Waals surface area contributed by atoms with Gasteiger partial charge in [0.05, 0.1) is 0 Å². The van der Waals surface area contributed by atoms with Crippen molar-refractivity contribution in [3.63, 3.8) is 0 Å². The van der Waals surface area contributed by atoms with E-state index in [4.69, 9.17) is 0 Å². The van der Waals surface area contributed by atoms with Gasteiger partial charge in [-0.1, -0.05) is 12.1 Å². The number of hydrogen-bond donors (Lipinski definition) is 3. The van der Waals surface area contributed by atoms with E-state index in [-0.39, 0.29) is 19.5 Å². The highest BCUT2D eigenvalue weighted by Crippen LogP contribution is 2.46. The molecule has 0 saturated carbocycles. The van der Waals surface area contributed by atoms with Gasteiger partial charge < -0.3 is 4.89 Å². The summed E-state index contributed by atoms with van der Waals surface area (Å²) < 4.78 is 25.2. The second kappa shape index (κ2) is 6.01. The smallest absolute Gasteiger partial charge is 0.279 e. The van der Waals surface area contributed by atoms with Gasteiger partial charge >= 0.3 is 0 Å². The van der Waals surface area contributed by atoms with Crippen LogP contribution in [0.4, 0.5) is 4.39 Å². The zero-order valence-electron chi connectivity index (χ0n) is 10.7. The first-order valence-corrected chi connectivity index (χ1v) is 7.95. The second-order valence-electron chi connectivity index (χ2n) is 4.71. The van der Waals surface area contributed by atoms with Gasteiger partial charge in [0.25, 0.3) is 13.4 Å². The molecule has 1 amide bonds. The average Bonchev–Trinajstić information content (AvgIpc) is 2.40. The molecule has 0 radical (unpaired) electrons. The standard InChI is InChI=1S/C12H16FN2O4P/c13-10-4-1-3-9(7-10)8-14-20(18,19)11-5-2-6-15(17)12(11)16/h1,3-4,7,11,17H,2,5-6,8H2,(H2,14,18,19). The lowest BCUT2D eigenvalue weighted by Gasteiger charge is -2.30. The van der Waals surface area contributed by atoms with E-state index in [2.05, 4.69) is 5.09 Å². The Balaban J connectivity index is 2.03. The third kappa shape index (κ3) is 3.43. The van der Waals surface area contributed by atoms with Crippen molar-refractivity contribution in [2.24, 2.45) is 0 Å². The van der Waals surface area contributed by atoms with E-state index in [1.165, 1.54) is 18.2 Å². The van der Waals surface area contributed by atoms with Crippen molar-refractivity contribution in [1.82, 2.24) is 10.2 Å². The molecule has 0 spiro atoms. The van der Waals surface area contributed by atoms with Crippen LogP contribution in [0.1, 0.15) is 18.4 Å². The number of hydroxylamine groups is 2. The maximum absolute atomic E-state index is 13.0. The van der Waals surface area contributed by atoms with Crippen molar-refractivity contribution in [3.05, 3.63) is 35.6 Å². The van der Waals surface area contributed by atoms with Crippen molar-refractivity contribution in [2.45, 2.75) is 25.0 Å². The number of rotatable bonds is 4. The van der Waals surface area contributed by atoms with Crippen molar-refractivity contribution in [2.75, 3.05) is 6.54 Å². The molecule has 20 heavy (non-hydrogen) atoms. The molecule has 2 unspecified atom stereocenters. The van der Waals surface area contributed by atoms with E-state index in [1.54, 1.807) is 6.07 Å². The summed E-state index contributed by atoms with van der Waals surface area (Å²) in [7, 11) is -3.97. The number of benzene rings is 1. The minimum absolute atomic E-state index is 0.0270. The molecule has 0 aliphatic carbocycles. The van der Waals surface area contributed by atoms with E-state index in [1.807, 2.05) is 0 Å². The van der Waals surface area contributed by atoms with Crippen LogP contribution in [-0.2, 0) is 15.9 Å². The summed E-state index contributed by atoms with van der Waals surface area (Å²) in [6.07, 6.45) is 0.693. The molecule has 1 fully saturated rings. The maximum atomic E-state index is 13.0. The molecule has 3 N–H and O–H groups in total. The van der Waals surface area contributed by atoms with Gasteiger partial charge in [-0.05, 0) is 30.5 Å². The first-order valence-electron chi connectivity index (χ1n) is 6.22. The third-order valence-electron chi connectivity index (χ3n) is 3.21. The van der Waals surface area contributed by atoms with Gasteiger partial charge in [0.1, 0.15) is 11.5 Å². The molecule has 0 bridgehead atoms. The van der Waals surface area contributed by atoms with E-state index in [0.29, 0.717) is 17.0 Å². The van der Waals surface area contributed by atoms with Gasteiger partial charge in [-0.25, -0.2) is 14.5 Å². The van der Waals surface area contributed by atoms with Crippen LogP contribution in [0, 0.1) is 5.82 Å². The molecule has 1 aromatic carbocycles. The van der Waals surface area contributed by atoms with Gasteiger partial charge in [-0.15, -0.1) is 0 Å². The molecular weight excluding hydrogens is 286 g/mol. The number of carbonyl (C=O) groups is 1. The Hall–Kier alpha value is -1.27. The average molecular weight is 302 g/mol. The van der Waals surface area contributed by atoms with Crippen LogP contribution in [0.2, 0.25) is 0 Å². The molecule has 2 atom stereocenters. The lowest BCUT2D eigenvalue weighted by atomic mass is 10.1. The summed E-state index contributed by atoms with van der Waals surface area (Å²) in [5.41, 5.74) is -0.654. The summed E-state index contributed by atoms with van der Waals surface area (Å²) in [4.78, 5) is 21.6. The van der Waals surface area contributed by atoms with Gasteiger partial charge in [0.15, 0.2) is 0 Å². The highest BCUT2D eigenvalue weighted by atomic mass is 31.2. The number of amides is 1. The van der Waals surface area contributed by atoms with E-state index in [0.717, 1.165) is 0 Å². The SMILES string of the molecule is O=C1C(P(=O)(O)NCc2cccc(F)c2)CCCN1O. The second-order valence-corrected chi connectivity index (χ2v) is 6.89. The number of halogens is 1. The molecular formula is C12H16FN2O4P. The quantitative estimate of drug-likeness (QED) is 0.579. The Morgan fingerprint density at radius 2 is 2.25 bits per heavy atom. The fourth-order valence-corrected chi connectivity index (χ4v) is 3.72. The van der Waals surface area contributed by atoms with Gasteiger partial charge in [-0.3, -0.25) is 14.6 Å². The Morgan fingerprint density at radius 1 is 1.50 bits per heavy atom. The Morgan fingerprint density at radius 3 is 2.95 bits per heavy atom. The van der Waals surface area contributed by atoms with Crippen LogP contribution >= 0.6 is 7.52 Å². The predicted molar refractivity (Wildman–Crippen MR) is 69.6 cm³/mol. The fraction of sp³-hybridized carbons (Fsp3) is 0.417. The summed E-state index contributed by atoms with van der Waals surface area (Å²) >= 11 is 0. The molecule has 2 rings (SSSR count). The summed E-state index contributed by atoms with van der Waals surface area (Å²) in [5.74, 6) is -1.19. The zero-order chi connectivity index (χ0) is 14.8. The molecule has 1 heterocycles. The summed E-state index contributed by atoms with van der Waals surface area (Å²) in [6, 6.07) is 5.62. The molecule has 1 aliphatic heterocycles. The van der Waals surface area contributed by atoms with Crippen LogP contribution in [0.3, 0.4) is 0 Å². The number of nitrogens with zero attached hydrogens (tertiary/aromatic N) is 1. The lowest BCUT2D eigenvalue weighted by molar-refractivity contribution is -0.169. The predicted octanol–water partition coefficient (Wildman–Crippen LogP) is 1.48. The monoisotopic (exact) mass is 302 g/mol.